The number of nitrogens with one attached hydrogen (secondary N) is 1. The lowest BCUT2D eigenvalue weighted by Crippen LogP contribution is -2.49. The number of likely N-dealkylation sites (N-methyl/N-ethyl adjacent to an activating group) is 1. The van der Waals surface area contributed by atoms with Crippen LogP contribution < -0.4 is 10.1 Å². The number of hydrogen-bond acceptors (Lipinski definition) is 7. The minimum atomic E-state index is -0.322. The van der Waals surface area contributed by atoms with Gasteiger partial charge in [-0.2, -0.15) is 0 Å². The van der Waals surface area contributed by atoms with Crippen molar-refractivity contribution in [1.82, 2.24) is 14.7 Å². The molecule has 0 aliphatic carbocycles. The average molecular weight is 463 g/mol. The summed E-state index contributed by atoms with van der Waals surface area (Å²) in [6.07, 6.45) is 0.256. The molecule has 2 aliphatic rings. The zero-order valence-electron chi connectivity index (χ0n) is 20.2. The van der Waals surface area contributed by atoms with Crippen LogP contribution in [0.25, 0.3) is 0 Å². The number of morpholine rings is 1. The van der Waals surface area contributed by atoms with Crippen molar-refractivity contribution in [3.63, 3.8) is 0 Å². The molecular weight excluding hydrogens is 424 g/mol. The van der Waals surface area contributed by atoms with Crippen LogP contribution in [-0.4, -0.2) is 110 Å². The van der Waals surface area contributed by atoms with Gasteiger partial charge in [0.25, 0.3) is 5.91 Å². The highest BCUT2D eigenvalue weighted by Gasteiger charge is 2.33. The van der Waals surface area contributed by atoms with E-state index < -0.39 is 0 Å². The lowest BCUT2D eigenvalue weighted by molar-refractivity contribution is -0.116. The summed E-state index contributed by atoms with van der Waals surface area (Å²) in [5, 5.41) is 12.7. The van der Waals surface area contributed by atoms with E-state index in [4.69, 9.17) is 9.47 Å². The Balaban J connectivity index is 1.78. The van der Waals surface area contributed by atoms with Gasteiger partial charge in [0.1, 0.15) is 11.9 Å². The van der Waals surface area contributed by atoms with Crippen molar-refractivity contribution in [1.29, 1.82) is 0 Å². The molecule has 0 saturated carbocycles. The molecule has 184 valence electrons. The smallest absolute Gasteiger partial charge is 0.258 e. The van der Waals surface area contributed by atoms with Gasteiger partial charge in [0, 0.05) is 50.7 Å². The Morgan fingerprint density at radius 2 is 2.03 bits per heavy atom. The summed E-state index contributed by atoms with van der Waals surface area (Å²) >= 11 is 0. The Kier molecular flexibility index (Phi) is 9.08. The van der Waals surface area contributed by atoms with Crippen molar-refractivity contribution >= 4 is 17.5 Å². The Morgan fingerprint density at radius 3 is 2.70 bits per heavy atom. The maximum absolute atomic E-state index is 13.4. The first kappa shape index (κ1) is 25.4. The SMILES string of the molecule is C[C@H](CO)N1C[C@H](C)[C@@H](CN(C)C)Oc2ccc(NC(=O)CCN3CCOCC3)cc2C1=O. The van der Waals surface area contributed by atoms with Gasteiger partial charge in [0.05, 0.1) is 31.4 Å². The van der Waals surface area contributed by atoms with Gasteiger partial charge in [-0.25, -0.2) is 0 Å². The molecule has 2 N–H and O–H groups in total. The highest BCUT2D eigenvalue weighted by atomic mass is 16.5. The molecule has 0 bridgehead atoms. The number of anilines is 1. The van der Waals surface area contributed by atoms with Gasteiger partial charge in [-0.1, -0.05) is 6.92 Å². The first-order chi connectivity index (χ1) is 15.8. The molecule has 9 nitrogen and oxygen atoms in total. The van der Waals surface area contributed by atoms with Gasteiger partial charge in [-0.3, -0.25) is 14.5 Å². The number of aliphatic hydroxyl groups is 1. The Morgan fingerprint density at radius 1 is 1.30 bits per heavy atom. The highest BCUT2D eigenvalue weighted by molar-refractivity contribution is 5.99. The number of rotatable bonds is 8. The number of carbonyl (C=O) groups excluding carboxylic acids is 2. The number of benzene rings is 1. The van der Waals surface area contributed by atoms with Gasteiger partial charge in [0.15, 0.2) is 0 Å². The average Bonchev–Trinajstić information content (AvgIpc) is 2.80. The second-order valence-electron chi connectivity index (χ2n) is 9.35. The summed E-state index contributed by atoms with van der Waals surface area (Å²) in [4.78, 5) is 31.9. The molecular formula is C24H38N4O5. The van der Waals surface area contributed by atoms with E-state index in [-0.39, 0.29) is 36.5 Å². The Labute approximate surface area is 196 Å². The van der Waals surface area contributed by atoms with E-state index in [2.05, 4.69) is 22.0 Å². The first-order valence-electron chi connectivity index (χ1n) is 11.8. The maximum atomic E-state index is 13.4. The monoisotopic (exact) mass is 462 g/mol. The Bertz CT molecular complexity index is 812. The maximum Gasteiger partial charge on any atom is 0.258 e. The predicted molar refractivity (Wildman–Crippen MR) is 127 cm³/mol. The van der Waals surface area contributed by atoms with Gasteiger partial charge >= 0.3 is 0 Å². The van der Waals surface area contributed by atoms with Crippen LogP contribution in [-0.2, 0) is 9.53 Å². The molecule has 0 aromatic heterocycles. The van der Waals surface area contributed by atoms with Gasteiger partial charge in [-0.05, 0) is 39.2 Å². The van der Waals surface area contributed by atoms with Crippen molar-refractivity contribution in [3.05, 3.63) is 23.8 Å². The molecule has 1 fully saturated rings. The summed E-state index contributed by atoms with van der Waals surface area (Å²) in [6.45, 7) is 8.71. The third-order valence-electron chi connectivity index (χ3n) is 6.25. The minimum absolute atomic E-state index is 0.0815. The third-order valence-corrected chi connectivity index (χ3v) is 6.25. The Hall–Kier alpha value is -2.20. The number of nitrogens with zero attached hydrogens (tertiary/aromatic N) is 3. The second kappa shape index (κ2) is 11.8. The van der Waals surface area contributed by atoms with Crippen LogP contribution in [0.15, 0.2) is 18.2 Å². The molecule has 3 rings (SSSR count). The fourth-order valence-electron chi connectivity index (χ4n) is 4.19. The fraction of sp³-hybridized carbons (Fsp3) is 0.667. The molecule has 1 aromatic carbocycles. The molecule has 2 aliphatic heterocycles. The fourth-order valence-corrected chi connectivity index (χ4v) is 4.19. The number of hydrogen-bond donors (Lipinski definition) is 2. The molecule has 2 heterocycles. The van der Waals surface area contributed by atoms with Crippen LogP contribution >= 0.6 is 0 Å². The summed E-state index contributed by atoms with van der Waals surface area (Å²) in [5.74, 6) is 0.282. The van der Waals surface area contributed by atoms with Crippen molar-refractivity contribution in [2.45, 2.75) is 32.4 Å². The van der Waals surface area contributed by atoms with Crippen LogP contribution in [0.3, 0.4) is 0 Å². The molecule has 9 heteroatoms. The zero-order chi connectivity index (χ0) is 24.0. The van der Waals surface area contributed by atoms with Crippen molar-refractivity contribution in [3.8, 4) is 5.75 Å². The molecule has 2 amide bonds. The molecule has 3 atom stereocenters. The van der Waals surface area contributed by atoms with E-state index >= 15 is 0 Å². The van der Waals surface area contributed by atoms with E-state index in [1.165, 1.54) is 0 Å². The molecule has 1 aromatic rings. The van der Waals surface area contributed by atoms with E-state index in [0.29, 0.717) is 56.3 Å². The standard InChI is InChI=1S/C24H38N4O5/c1-17-14-28(18(2)16-29)24(31)20-13-19(5-6-21(20)33-22(17)15-26(3)4)25-23(30)7-8-27-9-11-32-12-10-27/h5-6,13,17-18,22,29H,7-12,14-16H2,1-4H3,(H,25,30)/t17-,18+,22+/m0/s1. The van der Waals surface area contributed by atoms with E-state index in [0.717, 1.165) is 13.1 Å². The molecule has 1 saturated heterocycles. The third kappa shape index (κ3) is 6.89. The highest BCUT2D eigenvalue weighted by Crippen LogP contribution is 2.30. The van der Waals surface area contributed by atoms with Crippen molar-refractivity contribution < 1.29 is 24.2 Å². The van der Waals surface area contributed by atoms with Crippen LogP contribution in [0.5, 0.6) is 5.75 Å². The number of carbonyl (C=O) groups is 2. The van der Waals surface area contributed by atoms with Crippen molar-refractivity contribution in [2.24, 2.45) is 5.92 Å². The molecule has 0 spiro atoms. The van der Waals surface area contributed by atoms with Crippen LogP contribution in [0, 0.1) is 5.92 Å². The zero-order valence-corrected chi connectivity index (χ0v) is 20.2. The largest absolute Gasteiger partial charge is 0.488 e. The summed E-state index contributed by atoms with van der Waals surface area (Å²) in [6, 6.07) is 4.90. The van der Waals surface area contributed by atoms with Gasteiger partial charge < -0.3 is 29.7 Å². The van der Waals surface area contributed by atoms with E-state index in [9.17, 15) is 14.7 Å². The lowest BCUT2D eigenvalue weighted by atomic mass is 9.99. The van der Waals surface area contributed by atoms with E-state index in [1.54, 1.807) is 23.1 Å². The van der Waals surface area contributed by atoms with Crippen LogP contribution in [0.2, 0.25) is 0 Å². The van der Waals surface area contributed by atoms with Gasteiger partial charge in [-0.15, -0.1) is 0 Å². The van der Waals surface area contributed by atoms with Crippen LogP contribution in [0.1, 0.15) is 30.6 Å². The summed E-state index contributed by atoms with van der Waals surface area (Å²) < 4.78 is 11.6. The number of fused-ring (bicyclic) bond motifs is 1. The minimum Gasteiger partial charge on any atom is -0.488 e. The molecule has 0 radical (unpaired) electrons. The van der Waals surface area contributed by atoms with Crippen molar-refractivity contribution in [2.75, 3.05) is 72.0 Å². The topological polar surface area (TPSA) is 94.6 Å². The summed E-state index contributed by atoms with van der Waals surface area (Å²) in [7, 11) is 3.98. The number of amides is 2. The molecule has 33 heavy (non-hydrogen) atoms. The first-order valence-corrected chi connectivity index (χ1v) is 11.8. The molecule has 0 unspecified atom stereocenters. The number of aliphatic hydroxyl groups excluding tert-OH is 1. The van der Waals surface area contributed by atoms with Crippen LogP contribution in [0.4, 0.5) is 5.69 Å². The lowest BCUT2D eigenvalue weighted by Gasteiger charge is -2.37. The van der Waals surface area contributed by atoms with Gasteiger partial charge in [0.2, 0.25) is 5.91 Å². The quantitative estimate of drug-likeness (QED) is 0.598. The predicted octanol–water partition coefficient (Wildman–Crippen LogP) is 1.13. The summed E-state index contributed by atoms with van der Waals surface area (Å²) in [5.41, 5.74) is 0.962. The number of ether oxygens (including phenoxy) is 2. The van der Waals surface area contributed by atoms with E-state index in [1.807, 2.05) is 21.0 Å². The second-order valence-corrected chi connectivity index (χ2v) is 9.35. The normalized spacial score (nSPS) is 22.8.